The SMILES string of the molecule is Cc1cc(-n2c(=O)n(C)c3cnc4ccc(-c5cnc(C)c(O)c5)cc4c32)n(C)n1. The Hall–Kier alpha value is -3.94. The number of hydrogen-bond donors (Lipinski definition) is 1. The molecule has 0 aliphatic heterocycles. The van der Waals surface area contributed by atoms with E-state index in [9.17, 15) is 9.90 Å². The Bertz CT molecular complexity index is 1520. The highest BCUT2D eigenvalue weighted by Crippen LogP contribution is 2.31. The lowest BCUT2D eigenvalue weighted by Crippen LogP contribution is -2.22. The summed E-state index contributed by atoms with van der Waals surface area (Å²) in [5.74, 6) is 0.835. The van der Waals surface area contributed by atoms with Crippen molar-refractivity contribution in [3.05, 3.63) is 64.6 Å². The molecule has 8 nitrogen and oxygen atoms in total. The molecule has 8 heteroatoms. The Morgan fingerprint density at radius 3 is 2.47 bits per heavy atom. The van der Waals surface area contributed by atoms with E-state index < -0.39 is 0 Å². The molecule has 5 rings (SSSR count). The molecular weight excluding hydrogens is 380 g/mol. The van der Waals surface area contributed by atoms with Gasteiger partial charge in [-0.3, -0.25) is 19.2 Å². The fourth-order valence-corrected chi connectivity index (χ4v) is 3.87. The molecule has 0 atom stereocenters. The molecule has 0 saturated heterocycles. The number of nitrogens with zero attached hydrogens (tertiary/aromatic N) is 6. The van der Waals surface area contributed by atoms with Gasteiger partial charge in [-0.1, -0.05) is 6.07 Å². The number of rotatable bonds is 2. The molecule has 0 fully saturated rings. The zero-order chi connectivity index (χ0) is 21.2. The van der Waals surface area contributed by atoms with Crippen LogP contribution in [0.4, 0.5) is 0 Å². The third kappa shape index (κ3) is 2.53. The van der Waals surface area contributed by atoms with Crippen molar-refractivity contribution in [3.8, 4) is 22.7 Å². The van der Waals surface area contributed by atoms with Crippen molar-refractivity contribution >= 4 is 21.9 Å². The number of pyridine rings is 2. The fraction of sp³-hybridized carbons (Fsp3) is 0.182. The van der Waals surface area contributed by atoms with E-state index in [-0.39, 0.29) is 11.4 Å². The van der Waals surface area contributed by atoms with Crippen molar-refractivity contribution in [2.45, 2.75) is 13.8 Å². The molecule has 0 amide bonds. The van der Waals surface area contributed by atoms with Crippen LogP contribution in [0.5, 0.6) is 5.75 Å². The summed E-state index contributed by atoms with van der Waals surface area (Å²) in [6, 6.07) is 9.41. The Kier molecular flexibility index (Phi) is 3.79. The van der Waals surface area contributed by atoms with Crippen LogP contribution in [0.25, 0.3) is 38.9 Å². The number of fused-ring (bicyclic) bond motifs is 3. The van der Waals surface area contributed by atoms with Gasteiger partial charge in [-0.05, 0) is 37.6 Å². The van der Waals surface area contributed by atoms with Crippen molar-refractivity contribution in [1.29, 1.82) is 0 Å². The Morgan fingerprint density at radius 2 is 1.77 bits per heavy atom. The summed E-state index contributed by atoms with van der Waals surface area (Å²) < 4.78 is 4.97. The van der Waals surface area contributed by atoms with Gasteiger partial charge in [-0.25, -0.2) is 9.36 Å². The highest BCUT2D eigenvalue weighted by molar-refractivity contribution is 6.04. The first-order valence-corrected chi connectivity index (χ1v) is 9.52. The van der Waals surface area contributed by atoms with Crippen LogP contribution in [0.3, 0.4) is 0 Å². The number of imidazole rings is 1. The predicted octanol–water partition coefficient (Wildman–Crippen LogP) is 3.00. The van der Waals surface area contributed by atoms with Crippen molar-refractivity contribution in [2.24, 2.45) is 14.1 Å². The fourth-order valence-electron chi connectivity index (χ4n) is 3.87. The topological polar surface area (TPSA) is 90.8 Å². The lowest BCUT2D eigenvalue weighted by molar-refractivity contribution is 0.468. The Balaban J connectivity index is 1.88. The minimum atomic E-state index is -0.164. The van der Waals surface area contributed by atoms with Crippen LogP contribution < -0.4 is 5.69 Å². The number of aromatic nitrogens is 6. The molecule has 1 N–H and O–H groups in total. The lowest BCUT2D eigenvalue weighted by Gasteiger charge is -2.08. The van der Waals surface area contributed by atoms with Crippen LogP contribution in [0, 0.1) is 13.8 Å². The maximum Gasteiger partial charge on any atom is 0.334 e. The van der Waals surface area contributed by atoms with Crippen molar-refractivity contribution in [3.63, 3.8) is 0 Å². The third-order valence-electron chi connectivity index (χ3n) is 5.48. The van der Waals surface area contributed by atoms with Gasteiger partial charge in [0, 0.05) is 37.3 Å². The van der Waals surface area contributed by atoms with Gasteiger partial charge < -0.3 is 5.11 Å². The number of aromatic hydroxyl groups is 1. The molecule has 0 aliphatic carbocycles. The normalized spacial score (nSPS) is 11.6. The van der Waals surface area contributed by atoms with Crippen molar-refractivity contribution in [2.75, 3.05) is 0 Å². The first-order valence-electron chi connectivity index (χ1n) is 9.52. The lowest BCUT2D eigenvalue weighted by atomic mass is 10.0. The van der Waals surface area contributed by atoms with Gasteiger partial charge in [0.15, 0.2) is 0 Å². The summed E-state index contributed by atoms with van der Waals surface area (Å²) in [5.41, 5.74) is 5.18. The molecule has 5 aromatic rings. The molecule has 0 unspecified atom stereocenters. The molecule has 0 aliphatic rings. The zero-order valence-electron chi connectivity index (χ0n) is 17.1. The largest absolute Gasteiger partial charge is 0.506 e. The molecule has 30 heavy (non-hydrogen) atoms. The minimum absolute atomic E-state index is 0.144. The van der Waals surface area contributed by atoms with Crippen LogP contribution in [0.15, 0.2) is 47.5 Å². The van der Waals surface area contributed by atoms with Gasteiger partial charge in [0.2, 0.25) is 0 Å². The summed E-state index contributed by atoms with van der Waals surface area (Å²) in [6.45, 7) is 3.65. The molecule has 4 aromatic heterocycles. The standard InChI is InChI=1S/C22H20N6O2/c1-12-7-20(27(4)25-12)28-21-16-8-14(15-9-19(29)13(2)23-10-15)5-6-17(16)24-11-18(21)26(3)22(28)30/h5-11,29H,1-4H3. The monoisotopic (exact) mass is 400 g/mol. The Morgan fingerprint density at radius 1 is 0.967 bits per heavy atom. The number of benzene rings is 1. The van der Waals surface area contributed by atoms with E-state index in [0.29, 0.717) is 11.5 Å². The maximum absolute atomic E-state index is 13.1. The van der Waals surface area contributed by atoms with Crippen LogP contribution in [-0.2, 0) is 14.1 Å². The van der Waals surface area contributed by atoms with Crippen LogP contribution in [-0.4, -0.2) is 34.0 Å². The second-order valence-corrected chi connectivity index (χ2v) is 7.50. The van der Waals surface area contributed by atoms with Gasteiger partial charge in [0.1, 0.15) is 11.6 Å². The molecule has 0 saturated carbocycles. The summed E-state index contributed by atoms with van der Waals surface area (Å²) in [5, 5.41) is 15.3. The van der Waals surface area contributed by atoms with E-state index in [1.54, 1.807) is 46.2 Å². The van der Waals surface area contributed by atoms with E-state index in [1.807, 2.05) is 38.2 Å². The first-order chi connectivity index (χ1) is 14.3. The number of aryl methyl sites for hydroxylation is 4. The van der Waals surface area contributed by atoms with Gasteiger partial charge in [0.05, 0.1) is 34.1 Å². The summed E-state index contributed by atoms with van der Waals surface area (Å²) in [6.07, 6.45) is 3.45. The predicted molar refractivity (Wildman–Crippen MR) is 115 cm³/mol. The highest BCUT2D eigenvalue weighted by Gasteiger charge is 2.19. The first kappa shape index (κ1) is 18.1. The molecule has 0 spiro atoms. The zero-order valence-corrected chi connectivity index (χ0v) is 17.1. The van der Waals surface area contributed by atoms with E-state index in [0.717, 1.165) is 38.8 Å². The van der Waals surface area contributed by atoms with Gasteiger partial charge in [0.25, 0.3) is 0 Å². The van der Waals surface area contributed by atoms with Crippen molar-refractivity contribution < 1.29 is 5.11 Å². The van der Waals surface area contributed by atoms with Gasteiger partial charge in [-0.15, -0.1) is 0 Å². The van der Waals surface area contributed by atoms with Crippen molar-refractivity contribution in [1.82, 2.24) is 28.9 Å². The third-order valence-corrected chi connectivity index (χ3v) is 5.48. The summed E-state index contributed by atoms with van der Waals surface area (Å²) in [7, 11) is 3.56. The van der Waals surface area contributed by atoms with Gasteiger partial charge in [-0.2, -0.15) is 5.10 Å². The van der Waals surface area contributed by atoms with Crippen LogP contribution >= 0.6 is 0 Å². The quantitative estimate of drug-likeness (QED) is 0.492. The Labute approximate surface area is 171 Å². The van der Waals surface area contributed by atoms with E-state index in [4.69, 9.17) is 0 Å². The van der Waals surface area contributed by atoms with E-state index in [1.165, 1.54) is 0 Å². The molecule has 1 aromatic carbocycles. The smallest absolute Gasteiger partial charge is 0.334 e. The molecular formula is C22H20N6O2. The maximum atomic E-state index is 13.1. The van der Waals surface area contributed by atoms with Crippen LogP contribution in [0.2, 0.25) is 0 Å². The minimum Gasteiger partial charge on any atom is -0.506 e. The van der Waals surface area contributed by atoms with E-state index in [2.05, 4.69) is 15.1 Å². The second kappa shape index (κ2) is 6.28. The van der Waals surface area contributed by atoms with E-state index >= 15 is 0 Å². The van der Waals surface area contributed by atoms with Gasteiger partial charge >= 0.3 is 5.69 Å². The molecule has 0 radical (unpaired) electrons. The van der Waals surface area contributed by atoms with Crippen LogP contribution in [0.1, 0.15) is 11.4 Å². The molecule has 0 bridgehead atoms. The average molecular weight is 400 g/mol. The summed E-state index contributed by atoms with van der Waals surface area (Å²) in [4.78, 5) is 22.0. The molecule has 4 heterocycles. The summed E-state index contributed by atoms with van der Waals surface area (Å²) >= 11 is 0. The molecule has 150 valence electrons. The number of hydrogen-bond acceptors (Lipinski definition) is 5. The highest BCUT2D eigenvalue weighted by atomic mass is 16.3. The average Bonchev–Trinajstić information content (AvgIpc) is 3.19. The second-order valence-electron chi connectivity index (χ2n) is 7.50.